The number of carbonyl (C=O) groups is 1. The molecular weight excluding hydrogens is 316 g/mol. The van der Waals surface area contributed by atoms with Crippen LogP contribution in [-0.2, 0) is 16.0 Å². The highest BCUT2D eigenvalue weighted by Gasteiger charge is 2.08. The maximum atomic E-state index is 11.1. The summed E-state index contributed by atoms with van der Waals surface area (Å²) in [6.45, 7) is 0. The lowest BCUT2D eigenvalue weighted by Gasteiger charge is -2.04. The minimum atomic E-state index is -0.284. The molecule has 0 saturated carbocycles. The topological polar surface area (TPSA) is 51.2 Å². The summed E-state index contributed by atoms with van der Waals surface area (Å²) >= 11 is 4.91. The molecule has 2 aromatic rings. The van der Waals surface area contributed by atoms with Crippen LogP contribution in [0.4, 0.5) is 10.8 Å². The zero-order chi connectivity index (χ0) is 13.0. The van der Waals surface area contributed by atoms with E-state index >= 15 is 0 Å². The second-order valence-electron chi connectivity index (χ2n) is 3.50. The van der Waals surface area contributed by atoms with E-state index in [0.717, 1.165) is 15.3 Å². The van der Waals surface area contributed by atoms with E-state index in [1.165, 1.54) is 18.4 Å². The van der Waals surface area contributed by atoms with Gasteiger partial charge < -0.3 is 10.1 Å². The number of carbonyl (C=O) groups excluding carboxylic acids is 1. The number of anilines is 2. The Morgan fingerprint density at radius 3 is 3.00 bits per heavy atom. The molecule has 2 rings (SSSR count). The third kappa shape index (κ3) is 3.30. The molecule has 1 aromatic heterocycles. The molecule has 0 saturated heterocycles. The lowest BCUT2D eigenvalue weighted by Crippen LogP contribution is -2.04. The number of hydrogen-bond acceptors (Lipinski definition) is 5. The van der Waals surface area contributed by atoms with E-state index in [4.69, 9.17) is 0 Å². The number of aromatic nitrogens is 1. The highest BCUT2D eigenvalue weighted by molar-refractivity contribution is 9.10. The van der Waals surface area contributed by atoms with Crippen molar-refractivity contribution in [3.63, 3.8) is 0 Å². The monoisotopic (exact) mass is 326 g/mol. The Balaban J connectivity index is 2.07. The summed E-state index contributed by atoms with van der Waals surface area (Å²) in [5.74, 6) is -0.284. The molecule has 0 atom stereocenters. The Labute approximate surface area is 117 Å². The molecule has 0 radical (unpaired) electrons. The van der Waals surface area contributed by atoms with Crippen molar-refractivity contribution in [3.05, 3.63) is 39.8 Å². The van der Waals surface area contributed by atoms with Crippen molar-refractivity contribution in [3.8, 4) is 0 Å². The zero-order valence-corrected chi connectivity index (χ0v) is 12.0. The molecule has 94 valence electrons. The Morgan fingerprint density at radius 2 is 2.28 bits per heavy atom. The van der Waals surface area contributed by atoms with Gasteiger partial charge in [-0.2, -0.15) is 0 Å². The number of rotatable bonds is 4. The zero-order valence-electron chi connectivity index (χ0n) is 9.64. The van der Waals surface area contributed by atoms with Crippen LogP contribution < -0.4 is 5.32 Å². The van der Waals surface area contributed by atoms with E-state index in [1.807, 2.05) is 29.6 Å². The summed E-state index contributed by atoms with van der Waals surface area (Å²) in [4.78, 5) is 15.4. The van der Waals surface area contributed by atoms with Gasteiger partial charge in [0.25, 0.3) is 0 Å². The van der Waals surface area contributed by atoms with Gasteiger partial charge in [-0.05, 0) is 28.1 Å². The lowest BCUT2D eigenvalue weighted by molar-refractivity contribution is -0.139. The summed E-state index contributed by atoms with van der Waals surface area (Å²) in [5, 5.41) is 5.79. The second kappa shape index (κ2) is 5.97. The van der Waals surface area contributed by atoms with Crippen LogP contribution >= 0.6 is 27.3 Å². The average molecular weight is 327 g/mol. The number of methoxy groups -OCH3 is 1. The Bertz CT molecular complexity index is 557. The molecule has 0 aliphatic rings. The van der Waals surface area contributed by atoms with Gasteiger partial charge in [-0.15, -0.1) is 11.3 Å². The lowest BCUT2D eigenvalue weighted by atomic mass is 10.3. The first kappa shape index (κ1) is 13.0. The minimum absolute atomic E-state index is 0.199. The van der Waals surface area contributed by atoms with Crippen LogP contribution in [0.1, 0.15) is 5.69 Å². The first-order valence-corrected chi connectivity index (χ1v) is 6.89. The fourth-order valence-corrected chi connectivity index (χ4v) is 2.45. The fraction of sp³-hybridized carbons (Fsp3) is 0.167. The summed E-state index contributed by atoms with van der Waals surface area (Å²) < 4.78 is 5.57. The number of nitrogens with zero attached hydrogens (tertiary/aromatic N) is 1. The van der Waals surface area contributed by atoms with Crippen molar-refractivity contribution in [2.24, 2.45) is 0 Å². The molecule has 18 heavy (non-hydrogen) atoms. The normalized spacial score (nSPS) is 10.1. The van der Waals surface area contributed by atoms with E-state index in [9.17, 15) is 4.79 Å². The highest BCUT2D eigenvalue weighted by Crippen LogP contribution is 2.27. The van der Waals surface area contributed by atoms with Crippen molar-refractivity contribution >= 4 is 44.1 Å². The van der Waals surface area contributed by atoms with Gasteiger partial charge in [0.05, 0.1) is 24.9 Å². The molecule has 0 unspecified atom stereocenters. The summed E-state index contributed by atoms with van der Waals surface area (Å²) in [6, 6.07) is 7.78. The van der Waals surface area contributed by atoms with E-state index in [0.29, 0.717) is 5.69 Å². The number of benzene rings is 1. The van der Waals surface area contributed by atoms with E-state index in [2.05, 4.69) is 31.0 Å². The number of para-hydroxylation sites is 1. The summed E-state index contributed by atoms with van der Waals surface area (Å²) in [5.41, 5.74) is 1.65. The van der Waals surface area contributed by atoms with E-state index in [-0.39, 0.29) is 12.4 Å². The molecule has 0 aliphatic carbocycles. The number of halogens is 1. The van der Waals surface area contributed by atoms with Gasteiger partial charge in [-0.3, -0.25) is 4.79 Å². The van der Waals surface area contributed by atoms with E-state index in [1.54, 1.807) is 0 Å². The quantitative estimate of drug-likeness (QED) is 0.875. The molecule has 0 amide bonds. The molecular formula is C12H11BrN2O2S. The Kier molecular flexibility index (Phi) is 4.33. The number of nitrogens with one attached hydrogen (secondary N) is 1. The fourth-order valence-electron chi connectivity index (χ4n) is 1.34. The SMILES string of the molecule is COC(=O)Cc1csc(Nc2ccccc2Br)n1. The number of hydrogen-bond donors (Lipinski definition) is 1. The summed E-state index contributed by atoms with van der Waals surface area (Å²) in [7, 11) is 1.37. The van der Waals surface area contributed by atoms with Gasteiger partial charge >= 0.3 is 5.97 Å². The largest absolute Gasteiger partial charge is 0.469 e. The molecule has 4 nitrogen and oxygen atoms in total. The molecule has 0 spiro atoms. The molecule has 0 aliphatic heterocycles. The smallest absolute Gasteiger partial charge is 0.311 e. The standard InChI is InChI=1S/C12H11BrN2O2S/c1-17-11(16)6-8-7-18-12(14-8)15-10-5-3-2-4-9(10)13/h2-5,7H,6H2,1H3,(H,14,15). The third-order valence-electron chi connectivity index (χ3n) is 2.22. The average Bonchev–Trinajstić information content (AvgIpc) is 2.79. The molecule has 0 bridgehead atoms. The number of ether oxygens (including phenoxy) is 1. The van der Waals surface area contributed by atoms with Crippen LogP contribution in [0.15, 0.2) is 34.1 Å². The number of thiazole rings is 1. The predicted molar refractivity (Wildman–Crippen MR) is 75.3 cm³/mol. The minimum Gasteiger partial charge on any atom is -0.469 e. The van der Waals surface area contributed by atoms with Gasteiger partial charge in [0.2, 0.25) is 0 Å². The van der Waals surface area contributed by atoms with Gasteiger partial charge in [0.15, 0.2) is 5.13 Å². The highest BCUT2D eigenvalue weighted by atomic mass is 79.9. The van der Waals surface area contributed by atoms with Gasteiger partial charge in [-0.1, -0.05) is 12.1 Å². The third-order valence-corrected chi connectivity index (χ3v) is 3.72. The van der Waals surface area contributed by atoms with Gasteiger partial charge in [0, 0.05) is 9.85 Å². The summed E-state index contributed by atoms with van der Waals surface area (Å²) in [6.07, 6.45) is 0.199. The van der Waals surface area contributed by atoms with Crippen molar-refractivity contribution in [2.75, 3.05) is 12.4 Å². The van der Waals surface area contributed by atoms with Crippen molar-refractivity contribution in [1.29, 1.82) is 0 Å². The number of esters is 1. The van der Waals surface area contributed by atoms with Crippen LogP contribution in [0.5, 0.6) is 0 Å². The molecule has 6 heteroatoms. The first-order chi connectivity index (χ1) is 8.69. The Hall–Kier alpha value is -1.40. The molecule has 0 fully saturated rings. The first-order valence-electron chi connectivity index (χ1n) is 5.22. The second-order valence-corrected chi connectivity index (χ2v) is 5.21. The van der Waals surface area contributed by atoms with Crippen LogP contribution in [-0.4, -0.2) is 18.1 Å². The van der Waals surface area contributed by atoms with Gasteiger partial charge in [-0.25, -0.2) is 4.98 Å². The van der Waals surface area contributed by atoms with Crippen molar-refractivity contribution in [2.45, 2.75) is 6.42 Å². The van der Waals surface area contributed by atoms with E-state index < -0.39 is 0 Å². The van der Waals surface area contributed by atoms with Crippen LogP contribution in [0, 0.1) is 0 Å². The van der Waals surface area contributed by atoms with Crippen LogP contribution in [0.25, 0.3) is 0 Å². The Morgan fingerprint density at radius 1 is 1.50 bits per heavy atom. The molecule has 1 N–H and O–H groups in total. The van der Waals surface area contributed by atoms with Crippen molar-refractivity contribution < 1.29 is 9.53 Å². The van der Waals surface area contributed by atoms with Gasteiger partial charge in [0.1, 0.15) is 0 Å². The predicted octanol–water partition coefficient (Wildman–Crippen LogP) is 3.36. The maximum Gasteiger partial charge on any atom is 0.311 e. The molecule has 1 heterocycles. The maximum absolute atomic E-state index is 11.1. The van der Waals surface area contributed by atoms with Crippen LogP contribution in [0.2, 0.25) is 0 Å². The molecule has 1 aromatic carbocycles. The van der Waals surface area contributed by atoms with Crippen molar-refractivity contribution in [1.82, 2.24) is 4.98 Å². The van der Waals surface area contributed by atoms with Crippen LogP contribution in [0.3, 0.4) is 0 Å².